The van der Waals surface area contributed by atoms with Gasteiger partial charge in [-0.2, -0.15) is 4.31 Å². The Morgan fingerprint density at radius 1 is 0.972 bits per heavy atom. The van der Waals surface area contributed by atoms with Gasteiger partial charge in [0.15, 0.2) is 5.65 Å². The predicted octanol–water partition coefficient (Wildman–Crippen LogP) is 5.18. The zero-order valence-corrected chi connectivity index (χ0v) is 21.4. The van der Waals surface area contributed by atoms with Crippen molar-refractivity contribution in [3.8, 4) is 22.4 Å². The first-order valence-corrected chi connectivity index (χ1v) is 13.6. The van der Waals surface area contributed by atoms with Gasteiger partial charge in [-0.15, -0.1) is 0 Å². The molecule has 184 valence electrons. The molecule has 3 aromatic heterocycles. The molecular formula is C27H28N6O2S. The molecule has 0 radical (unpaired) electrons. The molecule has 4 heterocycles. The van der Waals surface area contributed by atoms with Crippen LogP contribution >= 0.6 is 0 Å². The molecule has 1 N–H and O–H groups in total. The molecule has 8 nitrogen and oxygen atoms in total. The highest BCUT2D eigenvalue weighted by molar-refractivity contribution is 7.89. The van der Waals surface area contributed by atoms with E-state index >= 15 is 0 Å². The molecule has 0 aliphatic carbocycles. The normalized spacial score (nSPS) is 15.3. The number of fused-ring (bicyclic) bond motifs is 2. The van der Waals surface area contributed by atoms with Crippen LogP contribution in [0.1, 0.15) is 33.6 Å². The third-order valence-electron chi connectivity index (χ3n) is 6.79. The number of rotatable bonds is 4. The first kappa shape index (κ1) is 22.9. The summed E-state index contributed by atoms with van der Waals surface area (Å²) in [6.07, 6.45) is 7.29. The van der Waals surface area contributed by atoms with Crippen LogP contribution in [0.15, 0.2) is 66.1 Å². The van der Waals surface area contributed by atoms with Gasteiger partial charge in [-0.25, -0.2) is 23.4 Å². The van der Waals surface area contributed by atoms with Gasteiger partial charge in [0.1, 0.15) is 5.52 Å². The molecule has 5 aromatic rings. The van der Waals surface area contributed by atoms with Crippen LogP contribution in [0.3, 0.4) is 0 Å². The largest absolute Gasteiger partial charge is 0.344 e. The van der Waals surface area contributed by atoms with Crippen molar-refractivity contribution < 1.29 is 8.42 Å². The molecule has 0 amide bonds. The number of benzene rings is 2. The lowest BCUT2D eigenvalue weighted by Crippen LogP contribution is -2.27. The van der Waals surface area contributed by atoms with Gasteiger partial charge in [0.25, 0.3) is 0 Å². The van der Waals surface area contributed by atoms with E-state index in [1.54, 1.807) is 28.7 Å². The van der Waals surface area contributed by atoms with Gasteiger partial charge in [-0.05, 0) is 63.4 Å². The third kappa shape index (κ3) is 3.79. The Balaban J connectivity index is 1.43. The van der Waals surface area contributed by atoms with E-state index < -0.39 is 10.0 Å². The molecule has 1 aliphatic rings. The molecule has 0 atom stereocenters. The average Bonchev–Trinajstić information content (AvgIpc) is 3.62. The van der Waals surface area contributed by atoms with Crippen molar-refractivity contribution in [1.82, 2.24) is 28.8 Å². The molecule has 2 aromatic carbocycles. The van der Waals surface area contributed by atoms with Crippen LogP contribution in [0.2, 0.25) is 0 Å². The average molecular weight is 501 g/mol. The Kier molecular flexibility index (Phi) is 5.24. The highest BCUT2D eigenvalue weighted by Crippen LogP contribution is 2.32. The van der Waals surface area contributed by atoms with Crippen molar-refractivity contribution in [1.29, 1.82) is 0 Å². The van der Waals surface area contributed by atoms with E-state index in [-0.39, 0.29) is 5.54 Å². The molecule has 1 aliphatic heterocycles. The molecule has 0 unspecified atom stereocenters. The van der Waals surface area contributed by atoms with Crippen molar-refractivity contribution in [2.75, 3.05) is 13.1 Å². The fraction of sp³-hybridized carbons (Fsp3) is 0.296. The van der Waals surface area contributed by atoms with E-state index in [4.69, 9.17) is 4.98 Å². The molecule has 36 heavy (non-hydrogen) atoms. The summed E-state index contributed by atoms with van der Waals surface area (Å²) < 4.78 is 29.9. The van der Waals surface area contributed by atoms with Crippen LogP contribution in [0.25, 0.3) is 44.6 Å². The number of nitrogens with one attached hydrogen (secondary N) is 1. The summed E-state index contributed by atoms with van der Waals surface area (Å²) in [6, 6.07) is 13.2. The quantitative estimate of drug-likeness (QED) is 0.367. The van der Waals surface area contributed by atoms with E-state index in [2.05, 4.69) is 46.4 Å². The zero-order chi connectivity index (χ0) is 25.1. The molecule has 0 saturated carbocycles. The highest BCUT2D eigenvalue weighted by Gasteiger charge is 2.27. The number of aromatic nitrogens is 5. The number of imidazole rings is 1. The monoisotopic (exact) mass is 500 g/mol. The Morgan fingerprint density at radius 2 is 1.78 bits per heavy atom. The standard InChI is InChI=1S/C27H28N6O2S/c1-27(2,3)33-17-30-22-10-9-18(14-24(22)33)21-15-28-26-25(21)31-23(16-29-26)19-7-6-8-20(13-19)36(34,35)32-11-4-5-12-32/h6-10,13-17H,4-5,11-12H2,1-3H3,(H,28,29). The van der Waals surface area contributed by atoms with Crippen molar-refractivity contribution in [3.63, 3.8) is 0 Å². The Bertz CT molecular complexity index is 1710. The van der Waals surface area contributed by atoms with E-state index in [0.29, 0.717) is 29.3 Å². The van der Waals surface area contributed by atoms with Gasteiger partial charge in [0.05, 0.1) is 34.1 Å². The SMILES string of the molecule is CC(C)(C)n1cnc2ccc(-c3c[nH]c4ncc(-c5cccc(S(=O)(=O)N6CCCC6)c5)nc34)cc21. The zero-order valence-electron chi connectivity index (χ0n) is 20.6. The van der Waals surface area contributed by atoms with Crippen LogP contribution in [-0.2, 0) is 15.6 Å². The van der Waals surface area contributed by atoms with Crippen molar-refractivity contribution in [2.45, 2.75) is 44.0 Å². The van der Waals surface area contributed by atoms with Crippen molar-refractivity contribution in [2.24, 2.45) is 0 Å². The molecule has 9 heteroatoms. The minimum Gasteiger partial charge on any atom is -0.344 e. The van der Waals surface area contributed by atoms with Crippen LogP contribution in [0.5, 0.6) is 0 Å². The second-order valence-corrected chi connectivity index (χ2v) is 12.2. The van der Waals surface area contributed by atoms with Gasteiger partial charge in [-0.1, -0.05) is 18.2 Å². The third-order valence-corrected chi connectivity index (χ3v) is 8.69. The minimum absolute atomic E-state index is 0.0962. The number of hydrogen-bond donors (Lipinski definition) is 1. The smallest absolute Gasteiger partial charge is 0.243 e. The predicted molar refractivity (Wildman–Crippen MR) is 141 cm³/mol. The van der Waals surface area contributed by atoms with Crippen LogP contribution in [0.4, 0.5) is 0 Å². The maximum absolute atomic E-state index is 13.1. The molecular weight excluding hydrogens is 472 g/mol. The van der Waals surface area contributed by atoms with Crippen LogP contribution in [-0.4, -0.2) is 50.3 Å². The van der Waals surface area contributed by atoms with E-state index in [1.807, 2.05) is 30.7 Å². The fourth-order valence-corrected chi connectivity index (χ4v) is 6.42. The topological polar surface area (TPSA) is 96.8 Å². The van der Waals surface area contributed by atoms with Gasteiger partial charge in [0, 0.05) is 36.0 Å². The number of nitrogens with zero attached hydrogens (tertiary/aromatic N) is 5. The number of aromatic amines is 1. The Hall–Kier alpha value is -3.56. The Morgan fingerprint density at radius 3 is 2.56 bits per heavy atom. The lowest BCUT2D eigenvalue weighted by Gasteiger charge is -2.21. The van der Waals surface area contributed by atoms with E-state index in [1.165, 1.54) is 0 Å². The Labute approximate surface area is 210 Å². The summed E-state index contributed by atoms with van der Waals surface area (Å²) in [6.45, 7) is 7.61. The maximum Gasteiger partial charge on any atom is 0.243 e. The summed E-state index contributed by atoms with van der Waals surface area (Å²) in [4.78, 5) is 17.6. The van der Waals surface area contributed by atoms with Gasteiger partial charge < -0.3 is 9.55 Å². The van der Waals surface area contributed by atoms with E-state index in [9.17, 15) is 8.42 Å². The first-order chi connectivity index (χ1) is 17.2. The first-order valence-electron chi connectivity index (χ1n) is 12.1. The number of H-pyrrole nitrogens is 1. The summed E-state index contributed by atoms with van der Waals surface area (Å²) in [5, 5.41) is 0. The second kappa shape index (κ2) is 8.25. The fourth-order valence-electron chi connectivity index (χ4n) is 4.85. The molecule has 6 rings (SSSR count). The van der Waals surface area contributed by atoms with Gasteiger partial charge >= 0.3 is 0 Å². The summed E-state index contributed by atoms with van der Waals surface area (Å²) in [5.74, 6) is 0. The molecule has 1 saturated heterocycles. The van der Waals surface area contributed by atoms with Gasteiger partial charge in [0.2, 0.25) is 10.0 Å². The van der Waals surface area contributed by atoms with E-state index in [0.717, 1.165) is 46.1 Å². The summed E-state index contributed by atoms with van der Waals surface area (Å²) >= 11 is 0. The highest BCUT2D eigenvalue weighted by atomic mass is 32.2. The molecule has 0 bridgehead atoms. The minimum atomic E-state index is -3.51. The number of sulfonamides is 1. The molecule has 1 fully saturated rings. The maximum atomic E-state index is 13.1. The van der Waals surface area contributed by atoms with Crippen molar-refractivity contribution >= 4 is 32.2 Å². The lowest BCUT2D eigenvalue weighted by molar-refractivity contribution is 0.408. The second-order valence-electron chi connectivity index (χ2n) is 10.3. The van der Waals surface area contributed by atoms with Crippen LogP contribution in [0, 0.1) is 0 Å². The van der Waals surface area contributed by atoms with Crippen LogP contribution < -0.4 is 0 Å². The number of hydrogen-bond acceptors (Lipinski definition) is 5. The summed E-state index contributed by atoms with van der Waals surface area (Å²) in [5.41, 5.74) is 6.61. The summed E-state index contributed by atoms with van der Waals surface area (Å²) in [7, 11) is -3.51. The lowest BCUT2D eigenvalue weighted by atomic mass is 10.1. The molecule has 0 spiro atoms. The van der Waals surface area contributed by atoms with Gasteiger partial charge in [-0.3, -0.25) is 0 Å². The van der Waals surface area contributed by atoms with Crippen molar-refractivity contribution in [3.05, 3.63) is 61.2 Å².